The number of aryl methyl sites for hydroxylation is 1. The van der Waals surface area contributed by atoms with E-state index in [1.165, 1.54) is 10.4 Å². The molecule has 1 aliphatic heterocycles. The van der Waals surface area contributed by atoms with E-state index in [0.29, 0.717) is 6.04 Å². The summed E-state index contributed by atoms with van der Waals surface area (Å²) >= 11 is 0. The van der Waals surface area contributed by atoms with Crippen molar-refractivity contribution in [1.29, 1.82) is 0 Å². The fourth-order valence-electron chi connectivity index (χ4n) is 2.89. The third-order valence-corrected chi connectivity index (χ3v) is 6.53. The first-order chi connectivity index (χ1) is 10.2. The monoisotopic (exact) mass is 328 g/mol. The van der Waals surface area contributed by atoms with Crippen molar-refractivity contribution in [3.8, 4) is 0 Å². The molecule has 0 aliphatic carbocycles. The lowest BCUT2D eigenvalue weighted by molar-refractivity contribution is 0.142. The van der Waals surface area contributed by atoms with Crippen molar-refractivity contribution in [2.24, 2.45) is 0 Å². The summed E-state index contributed by atoms with van der Waals surface area (Å²) < 4.78 is 40.5. The van der Waals surface area contributed by atoms with Crippen LogP contribution in [0.25, 0.3) is 0 Å². The number of hydrogen-bond acceptors (Lipinski definition) is 3. The summed E-state index contributed by atoms with van der Waals surface area (Å²) in [7, 11) is 0.153. The number of hydrogen-bond donors (Lipinski definition) is 0. The van der Waals surface area contributed by atoms with Gasteiger partial charge >= 0.3 is 0 Å². The van der Waals surface area contributed by atoms with Gasteiger partial charge in [0.2, 0.25) is 10.0 Å². The predicted octanol–water partition coefficient (Wildman–Crippen LogP) is 2.38. The van der Waals surface area contributed by atoms with Crippen molar-refractivity contribution >= 4 is 10.0 Å². The fourth-order valence-corrected chi connectivity index (χ4v) is 4.37. The Balaban J connectivity index is 2.12. The van der Waals surface area contributed by atoms with Crippen LogP contribution in [0.3, 0.4) is 0 Å². The third-order valence-electron chi connectivity index (χ3n) is 4.68. The molecule has 124 valence electrons. The molecule has 1 aromatic carbocycles. The molecule has 1 aromatic rings. The molecule has 2 rings (SSSR count). The first-order valence-corrected chi connectivity index (χ1v) is 9.22. The van der Waals surface area contributed by atoms with Gasteiger partial charge < -0.3 is 4.90 Å². The summed E-state index contributed by atoms with van der Waals surface area (Å²) in [5.74, 6) is -0.732. The van der Waals surface area contributed by atoms with Crippen molar-refractivity contribution in [2.45, 2.75) is 44.5 Å². The number of rotatable bonds is 4. The van der Waals surface area contributed by atoms with Gasteiger partial charge in [-0.15, -0.1) is 0 Å². The van der Waals surface area contributed by atoms with Gasteiger partial charge in [0.1, 0.15) is 5.82 Å². The smallest absolute Gasteiger partial charge is 0.218 e. The van der Waals surface area contributed by atoms with Crippen LogP contribution >= 0.6 is 0 Å². The minimum atomic E-state index is -3.51. The molecule has 0 aromatic heterocycles. The van der Waals surface area contributed by atoms with Crippen LogP contribution in [0.2, 0.25) is 0 Å². The number of piperidine rings is 1. The van der Waals surface area contributed by atoms with E-state index in [4.69, 9.17) is 0 Å². The summed E-state index contributed by atoms with van der Waals surface area (Å²) in [5.41, 5.74) is 1.02. The van der Waals surface area contributed by atoms with Crippen LogP contribution < -0.4 is 0 Å². The minimum absolute atomic E-state index is 0.00953. The van der Waals surface area contributed by atoms with Crippen molar-refractivity contribution in [1.82, 2.24) is 9.21 Å². The van der Waals surface area contributed by atoms with Gasteiger partial charge in [-0.3, -0.25) is 0 Å². The zero-order valence-electron chi connectivity index (χ0n) is 13.7. The molecule has 0 bridgehead atoms. The number of sulfonamides is 1. The molecule has 22 heavy (non-hydrogen) atoms. The Labute approximate surface area is 133 Å². The summed E-state index contributed by atoms with van der Waals surface area (Å²) in [6.07, 6.45) is 1.62. The molecule has 1 heterocycles. The Morgan fingerprint density at radius 3 is 2.68 bits per heavy atom. The van der Waals surface area contributed by atoms with Gasteiger partial charge in [0, 0.05) is 24.7 Å². The van der Waals surface area contributed by atoms with E-state index >= 15 is 0 Å². The number of benzene rings is 1. The van der Waals surface area contributed by atoms with E-state index in [-0.39, 0.29) is 17.4 Å². The van der Waals surface area contributed by atoms with Crippen molar-refractivity contribution in [2.75, 3.05) is 20.6 Å². The highest BCUT2D eigenvalue weighted by Gasteiger charge is 2.32. The molecule has 0 unspecified atom stereocenters. The third kappa shape index (κ3) is 3.86. The molecule has 1 fully saturated rings. The van der Waals surface area contributed by atoms with Gasteiger partial charge in [0.25, 0.3) is 0 Å². The minimum Gasteiger partial charge on any atom is -0.304 e. The maximum Gasteiger partial charge on any atom is 0.218 e. The number of likely N-dealkylation sites (tertiary alicyclic amines) is 1. The zero-order valence-corrected chi connectivity index (χ0v) is 14.5. The molecule has 0 saturated carbocycles. The van der Waals surface area contributed by atoms with Crippen LogP contribution in [-0.2, 0) is 15.8 Å². The zero-order chi connectivity index (χ0) is 16.5. The van der Waals surface area contributed by atoms with Gasteiger partial charge in [0.05, 0.1) is 5.75 Å². The first kappa shape index (κ1) is 17.4. The van der Waals surface area contributed by atoms with Crippen LogP contribution in [0.5, 0.6) is 0 Å². The van der Waals surface area contributed by atoms with E-state index in [9.17, 15) is 12.8 Å². The molecule has 0 radical (unpaired) electrons. The molecular formula is C16H25FN2O2S. The molecule has 1 saturated heterocycles. The van der Waals surface area contributed by atoms with Gasteiger partial charge in [0.15, 0.2) is 0 Å². The highest BCUT2D eigenvalue weighted by Crippen LogP contribution is 2.24. The average Bonchev–Trinajstić information content (AvgIpc) is 2.44. The van der Waals surface area contributed by atoms with E-state index in [1.807, 2.05) is 0 Å². The van der Waals surface area contributed by atoms with Crippen LogP contribution in [0.15, 0.2) is 18.2 Å². The number of nitrogens with zero attached hydrogens (tertiary/aromatic N) is 2. The van der Waals surface area contributed by atoms with E-state index in [2.05, 4.69) is 18.9 Å². The fraction of sp³-hybridized carbons (Fsp3) is 0.625. The predicted molar refractivity (Wildman–Crippen MR) is 86.6 cm³/mol. The van der Waals surface area contributed by atoms with E-state index < -0.39 is 15.8 Å². The second kappa shape index (κ2) is 6.64. The Morgan fingerprint density at radius 1 is 1.41 bits per heavy atom. The van der Waals surface area contributed by atoms with Crippen LogP contribution in [0, 0.1) is 12.7 Å². The number of halogens is 1. The SMILES string of the molecule is Cc1ccc(CS(=O)(=O)N(C)[C@H]2CCN(C)[C@H](C)C2)c(F)c1. The molecule has 0 N–H and O–H groups in total. The Hall–Kier alpha value is -0.980. The average molecular weight is 328 g/mol. The summed E-state index contributed by atoms with van der Waals surface area (Å²) in [6, 6.07) is 5.03. The van der Waals surface area contributed by atoms with E-state index in [1.54, 1.807) is 26.1 Å². The second-order valence-electron chi connectivity index (χ2n) is 6.38. The summed E-state index contributed by atoms with van der Waals surface area (Å²) in [4.78, 5) is 2.23. The lowest BCUT2D eigenvalue weighted by Crippen LogP contribution is -2.48. The van der Waals surface area contributed by atoms with Gasteiger partial charge in [-0.25, -0.2) is 17.1 Å². The normalized spacial score (nSPS) is 23.9. The quantitative estimate of drug-likeness (QED) is 0.852. The van der Waals surface area contributed by atoms with Crippen molar-refractivity contribution in [3.05, 3.63) is 35.1 Å². The molecule has 4 nitrogen and oxygen atoms in total. The molecule has 6 heteroatoms. The summed E-state index contributed by atoms with van der Waals surface area (Å²) in [5, 5.41) is 0. The van der Waals surface area contributed by atoms with Crippen LogP contribution in [-0.4, -0.2) is 50.3 Å². The molecule has 0 spiro atoms. The van der Waals surface area contributed by atoms with Gasteiger partial charge in [-0.1, -0.05) is 12.1 Å². The largest absolute Gasteiger partial charge is 0.304 e. The topological polar surface area (TPSA) is 40.6 Å². The maximum atomic E-state index is 13.9. The van der Waals surface area contributed by atoms with E-state index in [0.717, 1.165) is 24.9 Å². The maximum absolute atomic E-state index is 13.9. The second-order valence-corrected chi connectivity index (χ2v) is 8.40. The lowest BCUT2D eigenvalue weighted by atomic mass is 9.99. The lowest BCUT2D eigenvalue weighted by Gasteiger charge is -2.38. The molecule has 0 amide bonds. The standard InChI is InChI=1S/C16H25FN2O2S/c1-12-5-6-14(16(17)9-12)11-22(20,21)19(4)15-7-8-18(3)13(2)10-15/h5-6,9,13,15H,7-8,10-11H2,1-4H3/t13-,15+/m1/s1. The summed E-state index contributed by atoms with van der Waals surface area (Å²) in [6.45, 7) is 4.77. The molecular weight excluding hydrogens is 303 g/mol. The van der Waals surface area contributed by atoms with Gasteiger partial charge in [-0.05, 0) is 51.9 Å². The molecule has 2 atom stereocenters. The highest BCUT2D eigenvalue weighted by molar-refractivity contribution is 7.88. The van der Waals surface area contributed by atoms with Crippen LogP contribution in [0.1, 0.15) is 30.9 Å². The van der Waals surface area contributed by atoms with Gasteiger partial charge in [-0.2, -0.15) is 0 Å². The highest BCUT2D eigenvalue weighted by atomic mass is 32.2. The van der Waals surface area contributed by atoms with Crippen molar-refractivity contribution in [3.63, 3.8) is 0 Å². The Kier molecular flexibility index (Phi) is 5.25. The van der Waals surface area contributed by atoms with Crippen molar-refractivity contribution < 1.29 is 12.8 Å². The Morgan fingerprint density at radius 2 is 2.09 bits per heavy atom. The van der Waals surface area contributed by atoms with Crippen LogP contribution in [0.4, 0.5) is 4.39 Å². The first-order valence-electron chi connectivity index (χ1n) is 7.61. The Bertz CT molecular complexity index is 633. The molecule has 1 aliphatic rings.